The molecule has 2 atom stereocenters. The first-order valence-electron chi connectivity index (χ1n) is 7.52. The molecule has 0 radical (unpaired) electrons. The zero-order valence-corrected chi connectivity index (χ0v) is 12.3. The summed E-state index contributed by atoms with van der Waals surface area (Å²) in [6, 6.07) is 2.39. The third-order valence-corrected chi connectivity index (χ3v) is 4.30. The van der Waals surface area contributed by atoms with Gasteiger partial charge in [0.25, 0.3) is 0 Å². The molecule has 2 aliphatic heterocycles. The second-order valence-electron chi connectivity index (χ2n) is 5.91. The molecule has 0 bridgehead atoms. The van der Waals surface area contributed by atoms with E-state index in [1.807, 2.05) is 0 Å². The Kier molecular flexibility index (Phi) is 4.28. The Morgan fingerprint density at radius 1 is 1.57 bits per heavy atom. The van der Waals surface area contributed by atoms with E-state index in [1.54, 1.807) is 13.0 Å². The van der Waals surface area contributed by atoms with Gasteiger partial charge in [0.05, 0.1) is 19.3 Å². The molecule has 1 aromatic rings. The number of carbonyl (C=O) groups is 1. The number of carboxylic acids is 1. The molecule has 1 aromatic heterocycles. The molecule has 6 heteroatoms. The number of aromatic carboxylic acids is 1. The third-order valence-electron chi connectivity index (χ3n) is 4.30. The van der Waals surface area contributed by atoms with Crippen molar-refractivity contribution in [2.75, 3.05) is 26.2 Å². The molecule has 116 valence electrons. The molecule has 2 saturated heterocycles. The number of nitrogens with zero attached hydrogens (tertiary/aromatic N) is 1. The predicted octanol–water partition coefficient (Wildman–Crippen LogP) is 1.24. The first-order valence-corrected chi connectivity index (χ1v) is 7.52. The minimum Gasteiger partial charge on any atom is -0.475 e. The minimum atomic E-state index is -1.02. The summed E-state index contributed by atoms with van der Waals surface area (Å²) in [6.45, 7) is 6.02. The quantitative estimate of drug-likeness (QED) is 0.851. The van der Waals surface area contributed by atoms with E-state index in [-0.39, 0.29) is 11.9 Å². The lowest BCUT2D eigenvalue weighted by Gasteiger charge is -2.35. The number of furan rings is 1. The first-order chi connectivity index (χ1) is 10.1. The summed E-state index contributed by atoms with van der Waals surface area (Å²) in [7, 11) is 0. The minimum absolute atomic E-state index is 0.0284. The van der Waals surface area contributed by atoms with E-state index in [0.717, 1.165) is 19.7 Å². The molecule has 0 aliphatic carbocycles. The highest BCUT2D eigenvalue weighted by Crippen LogP contribution is 2.22. The van der Waals surface area contributed by atoms with Crippen molar-refractivity contribution in [3.63, 3.8) is 0 Å². The summed E-state index contributed by atoms with van der Waals surface area (Å²) in [5.74, 6) is -0.338. The highest BCUT2D eigenvalue weighted by atomic mass is 16.5. The molecular weight excluding hydrogens is 272 g/mol. The molecular formula is C15H22N2O4. The zero-order valence-electron chi connectivity index (χ0n) is 12.3. The van der Waals surface area contributed by atoms with Crippen LogP contribution in [0.15, 0.2) is 10.5 Å². The molecule has 0 saturated carbocycles. The smallest absolute Gasteiger partial charge is 0.372 e. The number of morpholine rings is 1. The largest absolute Gasteiger partial charge is 0.475 e. The summed E-state index contributed by atoms with van der Waals surface area (Å²) < 4.78 is 11.2. The van der Waals surface area contributed by atoms with Crippen LogP contribution in [0.1, 0.15) is 34.7 Å². The second-order valence-corrected chi connectivity index (χ2v) is 5.91. The number of nitrogens with one attached hydrogen (secondary N) is 1. The Morgan fingerprint density at radius 3 is 3.19 bits per heavy atom. The predicted molar refractivity (Wildman–Crippen MR) is 76.4 cm³/mol. The van der Waals surface area contributed by atoms with Crippen molar-refractivity contribution in [1.82, 2.24) is 10.2 Å². The van der Waals surface area contributed by atoms with Gasteiger partial charge in [-0.3, -0.25) is 4.90 Å². The molecule has 0 spiro atoms. The van der Waals surface area contributed by atoms with E-state index in [2.05, 4.69) is 10.2 Å². The number of hydrogen-bond donors (Lipinski definition) is 2. The highest BCUT2D eigenvalue weighted by Gasteiger charge is 2.31. The van der Waals surface area contributed by atoms with E-state index >= 15 is 0 Å². The first kappa shape index (κ1) is 14.6. The van der Waals surface area contributed by atoms with Crippen molar-refractivity contribution in [3.05, 3.63) is 23.2 Å². The van der Waals surface area contributed by atoms with Gasteiger partial charge in [0.2, 0.25) is 5.76 Å². The van der Waals surface area contributed by atoms with Crippen molar-refractivity contribution < 1.29 is 19.1 Å². The molecule has 0 aromatic carbocycles. The summed E-state index contributed by atoms with van der Waals surface area (Å²) in [5, 5.41) is 12.2. The lowest BCUT2D eigenvalue weighted by Crippen LogP contribution is -2.49. The van der Waals surface area contributed by atoms with Crippen LogP contribution in [0.2, 0.25) is 0 Å². The van der Waals surface area contributed by atoms with Crippen molar-refractivity contribution in [2.45, 2.75) is 38.5 Å². The van der Waals surface area contributed by atoms with Crippen LogP contribution in [0.3, 0.4) is 0 Å². The van der Waals surface area contributed by atoms with Crippen LogP contribution < -0.4 is 5.32 Å². The number of aryl methyl sites for hydroxylation is 1. The van der Waals surface area contributed by atoms with E-state index in [1.165, 1.54) is 19.4 Å². The standard InChI is InChI=1S/C15H22N2O4/c1-10-5-12(21-14(10)15(18)19)6-16-7-13-8-17-4-2-3-11(17)9-20-13/h5,11,13,16H,2-4,6-9H2,1H3,(H,18,19). The normalized spacial score (nSPS) is 26.0. The molecule has 3 rings (SSSR count). The van der Waals surface area contributed by atoms with Gasteiger partial charge in [0.1, 0.15) is 5.76 Å². The van der Waals surface area contributed by atoms with E-state index in [0.29, 0.717) is 23.9 Å². The fourth-order valence-corrected chi connectivity index (χ4v) is 3.21. The number of rotatable bonds is 5. The average molecular weight is 294 g/mol. The van der Waals surface area contributed by atoms with Gasteiger partial charge in [-0.1, -0.05) is 0 Å². The van der Waals surface area contributed by atoms with Crippen molar-refractivity contribution in [1.29, 1.82) is 0 Å². The fraction of sp³-hybridized carbons (Fsp3) is 0.667. The maximum absolute atomic E-state index is 10.9. The Bertz CT molecular complexity index is 514. The number of fused-ring (bicyclic) bond motifs is 1. The van der Waals surface area contributed by atoms with Gasteiger partial charge < -0.3 is 19.6 Å². The van der Waals surface area contributed by atoms with Crippen molar-refractivity contribution in [3.8, 4) is 0 Å². The van der Waals surface area contributed by atoms with Gasteiger partial charge in [-0.25, -0.2) is 4.79 Å². The van der Waals surface area contributed by atoms with Crippen LogP contribution in [0.5, 0.6) is 0 Å². The monoisotopic (exact) mass is 294 g/mol. The molecule has 0 amide bonds. The van der Waals surface area contributed by atoms with E-state index in [9.17, 15) is 4.79 Å². The van der Waals surface area contributed by atoms with Crippen LogP contribution >= 0.6 is 0 Å². The summed E-state index contributed by atoms with van der Waals surface area (Å²) >= 11 is 0. The van der Waals surface area contributed by atoms with Gasteiger partial charge in [-0.05, 0) is 32.4 Å². The topological polar surface area (TPSA) is 74.9 Å². The summed E-state index contributed by atoms with van der Waals surface area (Å²) in [6.07, 6.45) is 2.73. The molecule has 2 unspecified atom stereocenters. The van der Waals surface area contributed by atoms with Gasteiger partial charge in [-0.15, -0.1) is 0 Å². The van der Waals surface area contributed by atoms with Gasteiger partial charge in [0, 0.05) is 24.7 Å². The van der Waals surface area contributed by atoms with E-state index < -0.39 is 5.97 Å². The van der Waals surface area contributed by atoms with Gasteiger partial charge in [0.15, 0.2) is 0 Å². The summed E-state index contributed by atoms with van der Waals surface area (Å²) in [5.41, 5.74) is 0.660. The lowest BCUT2D eigenvalue weighted by molar-refractivity contribution is -0.0471. The van der Waals surface area contributed by atoms with Crippen LogP contribution in [-0.2, 0) is 11.3 Å². The molecule has 3 heterocycles. The van der Waals surface area contributed by atoms with Crippen LogP contribution in [-0.4, -0.2) is 54.4 Å². The summed E-state index contributed by atoms with van der Waals surface area (Å²) in [4.78, 5) is 13.4. The molecule has 21 heavy (non-hydrogen) atoms. The lowest BCUT2D eigenvalue weighted by atomic mass is 10.2. The van der Waals surface area contributed by atoms with Crippen molar-refractivity contribution in [2.24, 2.45) is 0 Å². The number of ether oxygens (including phenoxy) is 1. The molecule has 2 aliphatic rings. The number of carboxylic acid groups (broad SMARTS) is 1. The Morgan fingerprint density at radius 2 is 2.43 bits per heavy atom. The van der Waals surface area contributed by atoms with Crippen LogP contribution in [0, 0.1) is 6.92 Å². The van der Waals surface area contributed by atoms with Crippen LogP contribution in [0.25, 0.3) is 0 Å². The maximum atomic E-state index is 10.9. The Hall–Kier alpha value is -1.37. The SMILES string of the molecule is Cc1cc(CNCC2CN3CCCC3CO2)oc1C(=O)O. The fourth-order valence-electron chi connectivity index (χ4n) is 3.21. The molecule has 2 N–H and O–H groups in total. The van der Waals surface area contributed by atoms with Gasteiger partial charge >= 0.3 is 5.97 Å². The van der Waals surface area contributed by atoms with Crippen molar-refractivity contribution >= 4 is 5.97 Å². The Balaban J connectivity index is 1.46. The molecule has 2 fully saturated rings. The third kappa shape index (κ3) is 3.28. The Labute approximate surface area is 124 Å². The number of hydrogen-bond acceptors (Lipinski definition) is 5. The van der Waals surface area contributed by atoms with Gasteiger partial charge in [-0.2, -0.15) is 0 Å². The zero-order chi connectivity index (χ0) is 14.8. The average Bonchev–Trinajstić information content (AvgIpc) is 3.04. The second kappa shape index (κ2) is 6.17. The highest BCUT2D eigenvalue weighted by molar-refractivity contribution is 5.86. The maximum Gasteiger partial charge on any atom is 0.372 e. The van der Waals surface area contributed by atoms with E-state index in [4.69, 9.17) is 14.3 Å². The van der Waals surface area contributed by atoms with Crippen LogP contribution in [0.4, 0.5) is 0 Å². The molecule has 6 nitrogen and oxygen atoms in total.